The highest BCUT2D eigenvalue weighted by Gasteiger charge is 2.02. The Hall–Kier alpha value is -0.990. The predicted octanol–water partition coefficient (Wildman–Crippen LogP) is 6.81. The molecule has 0 unspecified atom stereocenters. The second kappa shape index (κ2) is 19.1. The first-order valence-electron chi connectivity index (χ1n) is 9.75. The van der Waals surface area contributed by atoms with E-state index >= 15 is 0 Å². The smallest absolute Gasteiger partial charge is 0.434 e. The minimum absolute atomic E-state index is 0.486. The molecule has 3 heteroatoms. The normalized spacial score (nSPS) is 11.0. The van der Waals surface area contributed by atoms with Crippen LogP contribution in [-0.2, 0) is 9.47 Å². The van der Waals surface area contributed by atoms with Gasteiger partial charge in [-0.2, -0.15) is 0 Å². The van der Waals surface area contributed by atoms with E-state index in [4.69, 9.17) is 9.47 Å². The summed E-state index contributed by atoms with van der Waals surface area (Å²) in [5.74, 6) is 0. The number of hydrogen-bond donors (Lipinski definition) is 0. The second-order valence-corrected chi connectivity index (χ2v) is 6.18. The van der Waals surface area contributed by atoms with E-state index < -0.39 is 6.16 Å². The van der Waals surface area contributed by atoms with Crippen molar-refractivity contribution in [2.75, 3.05) is 13.2 Å². The van der Waals surface area contributed by atoms with Gasteiger partial charge in [0.05, 0.1) is 13.2 Å². The summed E-state index contributed by atoms with van der Waals surface area (Å²) in [7, 11) is 0. The Labute approximate surface area is 143 Å². The summed E-state index contributed by atoms with van der Waals surface area (Å²) in [4.78, 5) is 11.3. The van der Waals surface area contributed by atoms with Gasteiger partial charge in [-0.15, -0.1) is 0 Å². The molecule has 0 amide bonds. The van der Waals surface area contributed by atoms with Gasteiger partial charge in [-0.25, -0.2) is 4.79 Å². The van der Waals surface area contributed by atoms with Crippen molar-refractivity contribution >= 4 is 6.16 Å². The van der Waals surface area contributed by atoms with E-state index in [0.29, 0.717) is 13.2 Å². The molecule has 0 aromatic heterocycles. The molecular formula is C20H38O3. The Morgan fingerprint density at radius 1 is 0.652 bits per heavy atom. The van der Waals surface area contributed by atoms with Gasteiger partial charge in [0.25, 0.3) is 0 Å². The lowest BCUT2D eigenvalue weighted by Gasteiger charge is -2.06. The van der Waals surface area contributed by atoms with Crippen molar-refractivity contribution in [1.29, 1.82) is 0 Å². The first kappa shape index (κ1) is 22.0. The van der Waals surface area contributed by atoms with Gasteiger partial charge in [0.15, 0.2) is 0 Å². The number of allylic oxidation sites excluding steroid dienone is 2. The molecule has 0 saturated carbocycles. The van der Waals surface area contributed by atoms with E-state index in [-0.39, 0.29) is 0 Å². The van der Waals surface area contributed by atoms with Crippen LogP contribution in [0, 0.1) is 0 Å². The molecule has 0 rings (SSSR count). The lowest BCUT2D eigenvalue weighted by Crippen LogP contribution is -2.09. The Balaban J connectivity index is 3.15. The van der Waals surface area contributed by atoms with Crippen molar-refractivity contribution in [3.63, 3.8) is 0 Å². The molecule has 0 N–H and O–H groups in total. The summed E-state index contributed by atoms with van der Waals surface area (Å²) in [6, 6.07) is 0. The van der Waals surface area contributed by atoms with Gasteiger partial charge < -0.3 is 9.47 Å². The van der Waals surface area contributed by atoms with Crippen LogP contribution in [-0.4, -0.2) is 19.4 Å². The van der Waals surface area contributed by atoms with Crippen LogP contribution in [0.25, 0.3) is 0 Å². The van der Waals surface area contributed by atoms with Crippen molar-refractivity contribution in [3.8, 4) is 0 Å². The zero-order valence-electron chi connectivity index (χ0n) is 15.5. The van der Waals surface area contributed by atoms with Gasteiger partial charge in [0, 0.05) is 0 Å². The molecule has 136 valence electrons. The fourth-order valence-corrected chi connectivity index (χ4v) is 2.33. The van der Waals surface area contributed by atoms with Gasteiger partial charge in [0.2, 0.25) is 0 Å². The average Bonchev–Trinajstić information content (AvgIpc) is 2.56. The summed E-state index contributed by atoms with van der Waals surface area (Å²) in [6.07, 6.45) is 19.5. The second-order valence-electron chi connectivity index (χ2n) is 6.18. The van der Waals surface area contributed by atoms with E-state index in [2.05, 4.69) is 26.0 Å². The maximum Gasteiger partial charge on any atom is 0.508 e. The number of carbonyl (C=O) groups excluding carboxylic acids is 1. The van der Waals surface area contributed by atoms with Gasteiger partial charge in [-0.1, -0.05) is 77.4 Å². The molecule has 0 saturated heterocycles. The maximum absolute atomic E-state index is 11.3. The Bertz CT molecular complexity index is 274. The standard InChI is InChI=1S/C20H38O3/c1-3-5-7-8-9-10-11-12-13-14-15-17-19-23-20(21)22-18-16-6-4-2/h8-9H,3-7,10-19H2,1-2H3. The van der Waals surface area contributed by atoms with E-state index in [0.717, 1.165) is 32.1 Å². The van der Waals surface area contributed by atoms with Crippen LogP contribution < -0.4 is 0 Å². The molecule has 0 heterocycles. The number of carbonyl (C=O) groups is 1. The molecule has 0 aliphatic carbocycles. The lowest BCUT2D eigenvalue weighted by atomic mass is 10.1. The topological polar surface area (TPSA) is 35.5 Å². The minimum atomic E-state index is -0.504. The van der Waals surface area contributed by atoms with Gasteiger partial charge in [-0.05, 0) is 32.1 Å². The number of ether oxygens (including phenoxy) is 2. The summed E-state index contributed by atoms with van der Waals surface area (Å²) in [6.45, 7) is 5.34. The zero-order valence-corrected chi connectivity index (χ0v) is 15.5. The first-order valence-corrected chi connectivity index (χ1v) is 9.75. The minimum Gasteiger partial charge on any atom is -0.434 e. The van der Waals surface area contributed by atoms with Crippen LogP contribution in [0.3, 0.4) is 0 Å². The molecule has 0 aromatic carbocycles. The summed E-state index contributed by atoms with van der Waals surface area (Å²) in [5.41, 5.74) is 0. The molecule has 0 bridgehead atoms. The third-order valence-corrected chi connectivity index (χ3v) is 3.84. The van der Waals surface area contributed by atoms with E-state index in [9.17, 15) is 4.79 Å². The van der Waals surface area contributed by atoms with Crippen LogP contribution in [0.5, 0.6) is 0 Å². The monoisotopic (exact) mass is 326 g/mol. The third-order valence-electron chi connectivity index (χ3n) is 3.84. The molecule has 23 heavy (non-hydrogen) atoms. The van der Waals surface area contributed by atoms with Crippen LogP contribution in [0.15, 0.2) is 12.2 Å². The lowest BCUT2D eigenvalue weighted by molar-refractivity contribution is 0.0530. The molecule has 0 atom stereocenters. The zero-order chi connectivity index (χ0) is 17.0. The number of unbranched alkanes of at least 4 members (excludes halogenated alkanes) is 10. The highest BCUT2D eigenvalue weighted by Crippen LogP contribution is 2.08. The van der Waals surface area contributed by atoms with E-state index in [1.54, 1.807) is 0 Å². The van der Waals surface area contributed by atoms with Crippen LogP contribution in [0.2, 0.25) is 0 Å². The molecule has 0 radical (unpaired) electrons. The molecule has 0 fully saturated rings. The van der Waals surface area contributed by atoms with Crippen LogP contribution in [0.4, 0.5) is 4.79 Å². The van der Waals surface area contributed by atoms with Crippen molar-refractivity contribution in [3.05, 3.63) is 12.2 Å². The molecule has 0 spiro atoms. The van der Waals surface area contributed by atoms with E-state index in [1.165, 1.54) is 51.4 Å². The maximum atomic E-state index is 11.3. The molecule has 0 aliphatic rings. The Kier molecular flexibility index (Phi) is 18.2. The van der Waals surface area contributed by atoms with Crippen molar-refractivity contribution < 1.29 is 14.3 Å². The summed E-state index contributed by atoms with van der Waals surface area (Å²) < 4.78 is 10.0. The van der Waals surface area contributed by atoms with Gasteiger partial charge >= 0.3 is 6.16 Å². The van der Waals surface area contributed by atoms with Crippen LogP contribution in [0.1, 0.15) is 97.3 Å². The summed E-state index contributed by atoms with van der Waals surface area (Å²) >= 11 is 0. The molecule has 3 nitrogen and oxygen atoms in total. The molecule has 0 aromatic rings. The predicted molar refractivity (Wildman–Crippen MR) is 97.8 cm³/mol. The third kappa shape index (κ3) is 19.0. The van der Waals surface area contributed by atoms with E-state index in [1.807, 2.05) is 0 Å². The molecular weight excluding hydrogens is 288 g/mol. The Morgan fingerprint density at radius 3 is 1.74 bits per heavy atom. The number of rotatable bonds is 16. The SMILES string of the molecule is CCCCC=CCCCCCCCCOC(=O)OCCCCC. The molecule has 0 aliphatic heterocycles. The number of hydrogen-bond acceptors (Lipinski definition) is 3. The van der Waals surface area contributed by atoms with Crippen LogP contribution >= 0.6 is 0 Å². The fraction of sp³-hybridized carbons (Fsp3) is 0.850. The van der Waals surface area contributed by atoms with Crippen molar-refractivity contribution in [2.45, 2.75) is 97.3 Å². The first-order chi connectivity index (χ1) is 11.3. The highest BCUT2D eigenvalue weighted by molar-refractivity contribution is 5.59. The van der Waals surface area contributed by atoms with Crippen molar-refractivity contribution in [1.82, 2.24) is 0 Å². The summed E-state index contributed by atoms with van der Waals surface area (Å²) in [5, 5.41) is 0. The highest BCUT2D eigenvalue weighted by atomic mass is 16.7. The quantitative estimate of drug-likeness (QED) is 0.177. The van der Waals surface area contributed by atoms with Crippen molar-refractivity contribution in [2.24, 2.45) is 0 Å². The van der Waals surface area contributed by atoms with Gasteiger partial charge in [-0.3, -0.25) is 0 Å². The van der Waals surface area contributed by atoms with Gasteiger partial charge in [0.1, 0.15) is 0 Å². The fourth-order valence-electron chi connectivity index (χ4n) is 2.33. The largest absolute Gasteiger partial charge is 0.508 e. The Morgan fingerprint density at radius 2 is 1.13 bits per heavy atom. The average molecular weight is 327 g/mol.